The number of methoxy groups -OCH3 is 1. The number of alkyl halides is 2. The van der Waals surface area contributed by atoms with Crippen LogP contribution in [0.2, 0.25) is 0 Å². The number of esters is 2. The molecule has 0 aliphatic carbocycles. The molecule has 0 radical (unpaired) electrons. The molecule has 0 aromatic heterocycles. The minimum Gasteiger partial charge on any atom is -0.468 e. The summed E-state index contributed by atoms with van der Waals surface area (Å²) in [7, 11) is 1.05. The van der Waals surface area contributed by atoms with E-state index in [0.29, 0.717) is 0 Å². The minimum atomic E-state index is -4.32. The van der Waals surface area contributed by atoms with Crippen molar-refractivity contribution in [3.8, 4) is 0 Å². The molecule has 0 saturated carbocycles. The zero-order valence-electron chi connectivity index (χ0n) is 12.0. The topological polar surface area (TPSA) is 97.4 Å². The first-order valence-corrected chi connectivity index (χ1v) is 5.75. The van der Waals surface area contributed by atoms with Crippen LogP contribution in [0.15, 0.2) is 0 Å². The van der Waals surface area contributed by atoms with Gasteiger partial charge in [-0.25, -0.2) is 4.79 Å². The lowest BCUT2D eigenvalue weighted by Crippen LogP contribution is -2.40. The van der Waals surface area contributed by atoms with Crippen LogP contribution in [0.3, 0.4) is 0 Å². The van der Waals surface area contributed by atoms with E-state index in [-0.39, 0.29) is 0 Å². The largest absolute Gasteiger partial charge is 0.508 e. The first-order valence-electron chi connectivity index (χ1n) is 5.75. The highest BCUT2D eigenvalue weighted by molar-refractivity contribution is 5.77. The molecule has 0 bridgehead atoms. The van der Waals surface area contributed by atoms with Gasteiger partial charge in [-0.05, 0) is 11.4 Å². The van der Waals surface area contributed by atoms with Gasteiger partial charge in [0.25, 0.3) is 0 Å². The van der Waals surface area contributed by atoms with Gasteiger partial charge < -0.3 is 18.9 Å². The maximum atomic E-state index is 12.3. The van der Waals surface area contributed by atoms with Crippen LogP contribution in [0.4, 0.5) is 18.1 Å². The molecule has 0 fully saturated rings. The summed E-state index contributed by atoms with van der Waals surface area (Å²) < 4.78 is 53.4. The molecule has 0 aliphatic rings. The molecule has 0 N–H and O–H groups in total. The Kier molecular flexibility index (Phi) is 7.63. The molecular formula is C11H15F3O8. The molecule has 22 heavy (non-hydrogen) atoms. The van der Waals surface area contributed by atoms with Gasteiger partial charge in [0.1, 0.15) is 18.6 Å². The Labute approximate surface area is 123 Å². The molecule has 0 amide bonds. The molecule has 0 spiro atoms. The molecule has 0 saturated heterocycles. The summed E-state index contributed by atoms with van der Waals surface area (Å²) in [6.07, 6.45) is -5.92. The van der Waals surface area contributed by atoms with Gasteiger partial charge in [-0.1, -0.05) is 0 Å². The molecular weight excluding hydrogens is 317 g/mol. The van der Waals surface area contributed by atoms with Crippen LogP contribution in [0.1, 0.15) is 13.8 Å². The first-order chi connectivity index (χ1) is 10.1. The quantitative estimate of drug-likeness (QED) is 0.486. The van der Waals surface area contributed by atoms with Gasteiger partial charge in [-0.2, -0.15) is 8.78 Å². The van der Waals surface area contributed by atoms with E-state index in [1.807, 2.05) is 0 Å². The number of carbonyl (C=O) groups excluding carboxylic acids is 3. The minimum absolute atomic E-state index is 0.480. The SMILES string of the molecule is COC(=O)C(C)(COC(C)=O)COC(=O)OCC(F)(F)OF. The van der Waals surface area contributed by atoms with E-state index in [9.17, 15) is 27.7 Å². The number of halogens is 3. The zero-order valence-corrected chi connectivity index (χ0v) is 12.0. The first kappa shape index (κ1) is 20.0. The van der Waals surface area contributed by atoms with Gasteiger partial charge in [-0.3, -0.25) is 9.59 Å². The molecule has 1 atom stereocenters. The molecule has 128 valence electrons. The van der Waals surface area contributed by atoms with Crippen molar-refractivity contribution in [2.75, 3.05) is 26.9 Å². The summed E-state index contributed by atoms with van der Waals surface area (Å²) >= 11 is 0. The van der Waals surface area contributed by atoms with E-state index in [2.05, 4.69) is 23.9 Å². The fourth-order valence-electron chi connectivity index (χ4n) is 1.09. The zero-order chi connectivity index (χ0) is 17.4. The van der Waals surface area contributed by atoms with Crippen molar-refractivity contribution in [2.45, 2.75) is 20.0 Å². The van der Waals surface area contributed by atoms with Crippen LogP contribution in [0.5, 0.6) is 0 Å². The lowest BCUT2D eigenvalue weighted by Gasteiger charge is -2.25. The number of ether oxygens (including phenoxy) is 4. The number of hydrogen-bond acceptors (Lipinski definition) is 8. The van der Waals surface area contributed by atoms with Crippen molar-refractivity contribution in [3.63, 3.8) is 0 Å². The third-order valence-electron chi connectivity index (χ3n) is 2.25. The van der Waals surface area contributed by atoms with Crippen LogP contribution >= 0.6 is 0 Å². The van der Waals surface area contributed by atoms with Crippen LogP contribution in [0, 0.1) is 5.41 Å². The van der Waals surface area contributed by atoms with E-state index in [1.54, 1.807) is 0 Å². The summed E-state index contributed by atoms with van der Waals surface area (Å²) in [6.45, 7) is -0.554. The predicted octanol–water partition coefficient (Wildman–Crippen LogP) is 1.38. The number of hydrogen-bond donors (Lipinski definition) is 0. The van der Waals surface area contributed by atoms with E-state index in [0.717, 1.165) is 14.0 Å². The van der Waals surface area contributed by atoms with Gasteiger partial charge >= 0.3 is 24.2 Å². The van der Waals surface area contributed by atoms with Crippen molar-refractivity contribution in [1.82, 2.24) is 0 Å². The van der Waals surface area contributed by atoms with Crippen LogP contribution in [-0.4, -0.2) is 51.1 Å². The Balaban J connectivity index is 4.53. The maximum Gasteiger partial charge on any atom is 0.508 e. The highest BCUT2D eigenvalue weighted by Gasteiger charge is 2.39. The summed E-state index contributed by atoms with van der Waals surface area (Å²) in [4.78, 5) is 35.7. The molecule has 0 rings (SSSR count). The third-order valence-corrected chi connectivity index (χ3v) is 2.25. The fraction of sp³-hybridized carbons (Fsp3) is 0.727. The van der Waals surface area contributed by atoms with Crippen molar-refractivity contribution < 1.29 is 51.6 Å². The highest BCUT2D eigenvalue weighted by atomic mass is 19.4. The average Bonchev–Trinajstić information content (AvgIpc) is 2.48. The van der Waals surface area contributed by atoms with E-state index in [1.165, 1.54) is 6.92 Å². The summed E-state index contributed by atoms with van der Waals surface area (Å²) in [5.74, 6) is -1.57. The van der Waals surface area contributed by atoms with Gasteiger partial charge in [0.2, 0.25) is 0 Å². The predicted molar refractivity (Wildman–Crippen MR) is 61.2 cm³/mol. The summed E-state index contributed by atoms with van der Waals surface area (Å²) in [6, 6.07) is 0. The molecule has 0 aliphatic heterocycles. The second-order valence-electron chi connectivity index (χ2n) is 4.37. The molecule has 0 aromatic rings. The summed E-state index contributed by atoms with van der Waals surface area (Å²) in [5.41, 5.74) is -1.57. The third kappa shape index (κ3) is 7.11. The average molecular weight is 332 g/mol. The Bertz CT molecular complexity index is 414. The van der Waals surface area contributed by atoms with Crippen molar-refractivity contribution >= 4 is 18.1 Å². The van der Waals surface area contributed by atoms with Gasteiger partial charge in [0.15, 0.2) is 6.61 Å². The Morgan fingerprint density at radius 2 is 1.50 bits per heavy atom. The van der Waals surface area contributed by atoms with E-state index < -0.39 is 49.4 Å². The molecule has 0 aromatic carbocycles. The fourth-order valence-corrected chi connectivity index (χ4v) is 1.09. The summed E-state index contributed by atoms with van der Waals surface area (Å²) in [5, 5.41) is 0. The number of rotatable bonds is 8. The maximum absolute atomic E-state index is 12.3. The van der Waals surface area contributed by atoms with Crippen molar-refractivity contribution in [3.05, 3.63) is 0 Å². The van der Waals surface area contributed by atoms with Crippen LogP contribution in [0.25, 0.3) is 0 Å². The molecule has 11 heteroatoms. The van der Waals surface area contributed by atoms with E-state index in [4.69, 9.17) is 0 Å². The Hall–Kier alpha value is -2.04. The number of carbonyl (C=O) groups is 3. The second-order valence-corrected chi connectivity index (χ2v) is 4.37. The van der Waals surface area contributed by atoms with Gasteiger partial charge in [0.05, 0.1) is 7.11 Å². The normalized spacial score (nSPS) is 13.7. The highest BCUT2D eigenvalue weighted by Crippen LogP contribution is 2.21. The molecule has 1 unspecified atom stereocenters. The molecule has 8 nitrogen and oxygen atoms in total. The van der Waals surface area contributed by atoms with Crippen molar-refractivity contribution in [2.24, 2.45) is 5.41 Å². The molecule has 0 heterocycles. The van der Waals surface area contributed by atoms with Crippen molar-refractivity contribution in [1.29, 1.82) is 0 Å². The standard InChI is InChI=1S/C11H15F3O8/c1-7(15)19-4-10(2,8(16)18-3)5-20-9(17)21-6-11(12,13)22-14/h4-6H2,1-3H3. The lowest BCUT2D eigenvalue weighted by molar-refractivity contribution is -0.364. The van der Waals surface area contributed by atoms with Gasteiger partial charge in [-0.15, -0.1) is 4.94 Å². The Morgan fingerprint density at radius 3 is 1.95 bits per heavy atom. The van der Waals surface area contributed by atoms with Crippen LogP contribution < -0.4 is 0 Å². The monoisotopic (exact) mass is 332 g/mol. The lowest BCUT2D eigenvalue weighted by atomic mass is 9.93. The van der Waals surface area contributed by atoms with E-state index >= 15 is 0 Å². The smallest absolute Gasteiger partial charge is 0.468 e. The van der Waals surface area contributed by atoms with Gasteiger partial charge in [0, 0.05) is 6.92 Å². The van der Waals surface area contributed by atoms with Crippen LogP contribution in [-0.2, 0) is 33.5 Å². The second kappa shape index (κ2) is 8.41. The Morgan fingerprint density at radius 1 is 1.00 bits per heavy atom.